The molecule has 0 aliphatic rings. The van der Waals surface area contributed by atoms with Crippen LogP contribution in [0.3, 0.4) is 0 Å². The fourth-order valence-corrected chi connectivity index (χ4v) is 2.65. The molecule has 0 bridgehead atoms. The molecule has 5 heteroatoms. The zero-order valence-corrected chi connectivity index (χ0v) is 12.0. The number of para-hydroxylation sites is 1. The average molecular weight is 335 g/mol. The molecule has 0 radical (unpaired) electrons. The highest BCUT2D eigenvalue weighted by Crippen LogP contribution is 2.31. The summed E-state index contributed by atoms with van der Waals surface area (Å²) in [7, 11) is 0. The number of furan rings is 1. The third-order valence-corrected chi connectivity index (χ3v) is 3.79. The van der Waals surface area contributed by atoms with Gasteiger partial charge >= 0.3 is 0 Å². The third-order valence-electron chi connectivity index (χ3n) is 3.17. The predicted molar refractivity (Wildman–Crippen MR) is 79.5 cm³/mol. The van der Waals surface area contributed by atoms with E-state index in [1.807, 2.05) is 24.3 Å². The Morgan fingerprint density at radius 2 is 1.90 bits per heavy atom. The first-order valence-corrected chi connectivity index (χ1v) is 6.88. The van der Waals surface area contributed by atoms with Gasteiger partial charge in [0, 0.05) is 5.39 Å². The van der Waals surface area contributed by atoms with Gasteiger partial charge in [-0.05, 0) is 45.8 Å². The Balaban J connectivity index is 2.07. The van der Waals surface area contributed by atoms with Crippen LogP contribution in [0.4, 0.5) is 4.39 Å². The summed E-state index contributed by atoms with van der Waals surface area (Å²) >= 11 is 3.45. The summed E-state index contributed by atoms with van der Waals surface area (Å²) in [6.45, 7) is 0. The lowest BCUT2D eigenvalue weighted by Crippen LogP contribution is -2.28. The summed E-state index contributed by atoms with van der Waals surface area (Å²) in [6.07, 6.45) is 0. The monoisotopic (exact) mass is 334 g/mol. The SMILES string of the molecule is NNC(c1ccc(F)cc1)c1cc2cccc(Br)c2o1. The van der Waals surface area contributed by atoms with Crippen LogP contribution in [0.25, 0.3) is 11.0 Å². The molecule has 2 aromatic carbocycles. The van der Waals surface area contributed by atoms with Gasteiger partial charge in [-0.1, -0.05) is 24.3 Å². The van der Waals surface area contributed by atoms with E-state index < -0.39 is 0 Å². The maximum atomic E-state index is 13.0. The molecule has 0 aliphatic carbocycles. The minimum absolute atomic E-state index is 0.281. The van der Waals surface area contributed by atoms with Crippen molar-refractivity contribution in [1.82, 2.24) is 5.43 Å². The van der Waals surface area contributed by atoms with E-state index in [0.717, 1.165) is 21.0 Å². The predicted octanol–water partition coefficient (Wildman–Crippen LogP) is 3.89. The summed E-state index contributed by atoms with van der Waals surface area (Å²) < 4.78 is 19.7. The smallest absolute Gasteiger partial charge is 0.148 e. The summed E-state index contributed by atoms with van der Waals surface area (Å²) in [5, 5.41) is 0.983. The molecule has 1 aromatic heterocycles. The van der Waals surface area contributed by atoms with E-state index in [1.54, 1.807) is 12.1 Å². The lowest BCUT2D eigenvalue weighted by Gasteiger charge is -2.13. The van der Waals surface area contributed by atoms with Gasteiger partial charge in [0.05, 0.1) is 4.47 Å². The van der Waals surface area contributed by atoms with Crippen molar-refractivity contribution < 1.29 is 8.81 Å². The number of halogens is 2. The summed E-state index contributed by atoms with van der Waals surface area (Å²) in [6, 6.07) is 13.6. The first-order chi connectivity index (χ1) is 9.69. The molecule has 0 spiro atoms. The van der Waals surface area contributed by atoms with Gasteiger partial charge in [0.2, 0.25) is 0 Å². The lowest BCUT2D eigenvalue weighted by atomic mass is 10.0. The molecule has 0 saturated carbocycles. The van der Waals surface area contributed by atoms with Crippen molar-refractivity contribution in [2.75, 3.05) is 0 Å². The van der Waals surface area contributed by atoms with E-state index in [9.17, 15) is 4.39 Å². The number of nitrogens with two attached hydrogens (primary N) is 1. The fourth-order valence-electron chi connectivity index (χ4n) is 2.19. The van der Waals surface area contributed by atoms with E-state index in [2.05, 4.69) is 21.4 Å². The molecule has 1 unspecified atom stereocenters. The summed E-state index contributed by atoms with van der Waals surface area (Å²) in [4.78, 5) is 0. The highest BCUT2D eigenvalue weighted by molar-refractivity contribution is 9.10. The first-order valence-electron chi connectivity index (χ1n) is 6.08. The molecule has 3 rings (SSSR count). The maximum absolute atomic E-state index is 13.0. The van der Waals surface area contributed by atoms with E-state index in [-0.39, 0.29) is 11.9 Å². The molecule has 3 aromatic rings. The van der Waals surface area contributed by atoms with Crippen molar-refractivity contribution in [2.24, 2.45) is 5.84 Å². The van der Waals surface area contributed by atoms with Gasteiger partial charge in [0.15, 0.2) is 0 Å². The number of hydrogen-bond donors (Lipinski definition) is 2. The van der Waals surface area contributed by atoms with Crippen LogP contribution < -0.4 is 11.3 Å². The standard InChI is InChI=1S/C15H12BrFN2O/c16-12-3-1-2-10-8-13(20-15(10)12)14(19-18)9-4-6-11(17)7-5-9/h1-8,14,19H,18H2. The quantitative estimate of drug-likeness (QED) is 0.564. The molecule has 0 amide bonds. The van der Waals surface area contributed by atoms with Gasteiger partial charge in [-0.25, -0.2) is 9.82 Å². The molecule has 1 atom stereocenters. The number of hydrogen-bond acceptors (Lipinski definition) is 3. The molecule has 0 fully saturated rings. The number of rotatable bonds is 3. The van der Waals surface area contributed by atoms with Gasteiger partial charge < -0.3 is 4.42 Å². The Kier molecular flexibility index (Phi) is 3.56. The molecular weight excluding hydrogens is 323 g/mol. The molecular formula is C15H12BrFN2O. The van der Waals surface area contributed by atoms with Crippen molar-refractivity contribution in [3.05, 3.63) is 70.1 Å². The van der Waals surface area contributed by atoms with Gasteiger partial charge in [0.1, 0.15) is 23.2 Å². The van der Waals surface area contributed by atoms with Gasteiger partial charge in [-0.15, -0.1) is 0 Å². The Labute approximate surface area is 123 Å². The largest absolute Gasteiger partial charge is 0.458 e. The number of hydrazine groups is 1. The van der Waals surface area contributed by atoms with Crippen LogP contribution in [0.5, 0.6) is 0 Å². The second kappa shape index (κ2) is 5.36. The van der Waals surface area contributed by atoms with Crippen LogP contribution in [0.15, 0.2) is 57.4 Å². The van der Waals surface area contributed by atoms with Crippen LogP contribution in [-0.2, 0) is 0 Å². The molecule has 102 valence electrons. The Bertz CT molecular complexity index is 739. The highest BCUT2D eigenvalue weighted by Gasteiger charge is 2.18. The maximum Gasteiger partial charge on any atom is 0.148 e. The van der Waals surface area contributed by atoms with E-state index >= 15 is 0 Å². The first kappa shape index (κ1) is 13.3. The Morgan fingerprint density at radius 1 is 1.15 bits per heavy atom. The molecule has 0 aliphatic heterocycles. The zero-order chi connectivity index (χ0) is 14.1. The van der Waals surface area contributed by atoms with E-state index in [4.69, 9.17) is 10.3 Å². The Morgan fingerprint density at radius 3 is 2.55 bits per heavy atom. The lowest BCUT2D eigenvalue weighted by molar-refractivity contribution is 0.476. The summed E-state index contributed by atoms with van der Waals surface area (Å²) in [5.41, 5.74) is 4.31. The van der Waals surface area contributed by atoms with Crippen LogP contribution in [0.1, 0.15) is 17.4 Å². The van der Waals surface area contributed by atoms with Crippen LogP contribution >= 0.6 is 15.9 Å². The normalized spacial score (nSPS) is 12.8. The van der Waals surface area contributed by atoms with E-state index in [0.29, 0.717) is 5.76 Å². The van der Waals surface area contributed by atoms with Crippen molar-refractivity contribution in [3.8, 4) is 0 Å². The minimum Gasteiger partial charge on any atom is -0.458 e. The molecule has 1 heterocycles. The van der Waals surface area contributed by atoms with Crippen LogP contribution in [-0.4, -0.2) is 0 Å². The van der Waals surface area contributed by atoms with Gasteiger partial charge in [0.25, 0.3) is 0 Å². The number of benzene rings is 2. The topological polar surface area (TPSA) is 51.2 Å². The van der Waals surface area contributed by atoms with Crippen molar-refractivity contribution in [1.29, 1.82) is 0 Å². The second-order valence-corrected chi connectivity index (χ2v) is 5.31. The van der Waals surface area contributed by atoms with Gasteiger partial charge in [-0.2, -0.15) is 0 Å². The van der Waals surface area contributed by atoms with Crippen LogP contribution in [0.2, 0.25) is 0 Å². The number of fused-ring (bicyclic) bond motifs is 1. The minimum atomic E-state index is -0.324. The fraction of sp³-hybridized carbons (Fsp3) is 0.0667. The molecule has 20 heavy (non-hydrogen) atoms. The summed E-state index contributed by atoms with van der Waals surface area (Å²) in [5.74, 6) is 6.02. The molecule has 3 N–H and O–H groups in total. The van der Waals surface area contributed by atoms with Gasteiger partial charge in [-0.3, -0.25) is 5.84 Å². The number of nitrogens with one attached hydrogen (secondary N) is 1. The Hall–Kier alpha value is -1.69. The molecule has 3 nitrogen and oxygen atoms in total. The van der Waals surface area contributed by atoms with Crippen molar-refractivity contribution in [2.45, 2.75) is 6.04 Å². The highest BCUT2D eigenvalue weighted by atomic mass is 79.9. The second-order valence-electron chi connectivity index (χ2n) is 4.46. The average Bonchev–Trinajstić information content (AvgIpc) is 2.87. The third kappa shape index (κ3) is 2.35. The van der Waals surface area contributed by atoms with Crippen LogP contribution in [0, 0.1) is 5.82 Å². The van der Waals surface area contributed by atoms with Crippen molar-refractivity contribution in [3.63, 3.8) is 0 Å². The van der Waals surface area contributed by atoms with E-state index in [1.165, 1.54) is 12.1 Å². The van der Waals surface area contributed by atoms with Crippen molar-refractivity contribution >= 4 is 26.9 Å². The molecule has 0 saturated heterocycles. The zero-order valence-electron chi connectivity index (χ0n) is 10.4.